The Balaban J connectivity index is 1.80. The van der Waals surface area contributed by atoms with E-state index < -0.39 is 0 Å². The Morgan fingerprint density at radius 3 is 2.35 bits per heavy atom. The summed E-state index contributed by atoms with van der Waals surface area (Å²) in [6.07, 6.45) is 7.20. The van der Waals surface area contributed by atoms with Crippen LogP contribution < -0.4 is 9.64 Å². The van der Waals surface area contributed by atoms with Gasteiger partial charge in [-0.25, -0.2) is 4.99 Å². The first-order chi connectivity index (χ1) is 16.4. The van der Waals surface area contributed by atoms with Crippen molar-refractivity contribution in [2.75, 3.05) is 11.5 Å². The lowest BCUT2D eigenvalue weighted by Crippen LogP contribution is -2.28. The van der Waals surface area contributed by atoms with Gasteiger partial charge in [0.15, 0.2) is 5.17 Å². The zero-order valence-electron chi connectivity index (χ0n) is 18.5. The number of hydrogen-bond acceptors (Lipinski definition) is 4. The van der Waals surface area contributed by atoms with E-state index in [2.05, 4.69) is 37.8 Å². The smallest absolute Gasteiger partial charge is 0.271 e. The molecular formula is C27H20Br2N2O2S. The third kappa shape index (κ3) is 5.47. The third-order valence-electron chi connectivity index (χ3n) is 4.98. The van der Waals surface area contributed by atoms with Gasteiger partial charge in [0.05, 0.1) is 20.8 Å². The number of rotatable bonds is 5. The van der Waals surface area contributed by atoms with E-state index in [1.54, 1.807) is 4.90 Å². The summed E-state index contributed by atoms with van der Waals surface area (Å²) in [6, 6.07) is 19.5. The van der Waals surface area contributed by atoms with Crippen LogP contribution in [0.5, 0.6) is 5.75 Å². The number of carbonyl (C=O) groups excluding carboxylic acids is 1. The van der Waals surface area contributed by atoms with E-state index in [1.807, 2.05) is 80.6 Å². The zero-order valence-corrected chi connectivity index (χ0v) is 22.5. The summed E-state index contributed by atoms with van der Waals surface area (Å²) in [5.41, 5.74) is 4.53. The van der Waals surface area contributed by atoms with Crippen LogP contribution in [0.4, 0.5) is 11.4 Å². The van der Waals surface area contributed by atoms with E-state index in [4.69, 9.17) is 16.2 Å². The zero-order chi connectivity index (χ0) is 24.2. The molecule has 0 unspecified atom stereocenters. The predicted octanol–water partition coefficient (Wildman–Crippen LogP) is 7.65. The van der Waals surface area contributed by atoms with Gasteiger partial charge >= 0.3 is 0 Å². The summed E-state index contributed by atoms with van der Waals surface area (Å²) in [6.45, 7) is 4.16. The largest absolute Gasteiger partial charge is 0.479 e. The maximum atomic E-state index is 13.6. The Morgan fingerprint density at radius 2 is 1.71 bits per heavy atom. The number of amidine groups is 1. The molecule has 4 nitrogen and oxygen atoms in total. The molecular weight excluding hydrogens is 576 g/mol. The number of aryl methyl sites for hydroxylation is 2. The number of benzene rings is 3. The lowest BCUT2D eigenvalue weighted by molar-refractivity contribution is -0.113. The number of carbonyl (C=O) groups is 1. The average Bonchev–Trinajstić information content (AvgIpc) is 3.10. The molecule has 1 aliphatic heterocycles. The van der Waals surface area contributed by atoms with E-state index >= 15 is 0 Å². The number of halogens is 2. The summed E-state index contributed by atoms with van der Waals surface area (Å²) in [5.74, 6) is 2.91. The van der Waals surface area contributed by atoms with Crippen LogP contribution in [0.3, 0.4) is 0 Å². The van der Waals surface area contributed by atoms with Gasteiger partial charge in [0.1, 0.15) is 12.4 Å². The summed E-state index contributed by atoms with van der Waals surface area (Å²) < 4.78 is 7.35. The van der Waals surface area contributed by atoms with Crippen molar-refractivity contribution in [3.63, 3.8) is 0 Å². The highest BCUT2D eigenvalue weighted by molar-refractivity contribution is 9.11. The molecule has 4 rings (SSSR count). The van der Waals surface area contributed by atoms with Gasteiger partial charge in [-0.05, 0) is 84.0 Å². The van der Waals surface area contributed by atoms with Gasteiger partial charge in [-0.2, -0.15) is 0 Å². The number of nitrogens with zero attached hydrogens (tertiary/aromatic N) is 2. The number of anilines is 1. The Labute approximate surface area is 220 Å². The highest BCUT2D eigenvalue weighted by atomic mass is 79.9. The van der Waals surface area contributed by atoms with Gasteiger partial charge < -0.3 is 4.74 Å². The molecule has 34 heavy (non-hydrogen) atoms. The number of hydrogen-bond donors (Lipinski definition) is 0. The van der Waals surface area contributed by atoms with Crippen molar-refractivity contribution in [2.24, 2.45) is 4.99 Å². The van der Waals surface area contributed by atoms with E-state index in [9.17, 15) is 4.79 Å². The summed E-state index contributed by atoms with van der Waals surface area (Å²) in [4.78, 5) is 20.6. The number of ether oxygens (including phenoxy) is 1. The molecule has 1 fully saturated rings. The van der Waals surface area contributed by atoms with Crippen LogP contribution in [0, 0.1) is 26.2 Å². The SMILES string of the molecule is C#CCOc1c(Br)cc(Br)cc1/C=C1\SC(=Nc2ccc(C)cc2)N(c2ccc(C)cc2)C1=O. The van der Waals surface area contributed by atoms with E-state index in [0.29, 0.717) is 15.8 Å². The topological polar surface area (TPSA) is 41.9 Å². The molecule has 7 heteroatoms. The molecule has 0 aromatic heterocycles. The third-order valence-corrected chi connectivity index (χ3v) is 7.00. The van der Waals surface area contributed by atoms with Crippen LogP contribution in [0.2, 0.25) is 0 Å². The minimum Gasteiger partial charge on any atom is -0.479 e. The second kappa shape index (κ2) is 10.6. The van der Waals surface area contributed by atoms with Crippen LogP contribution in [-0.2, 0) is 4.79 Å². The van der Waals surface area contributed by atoms with Crippen LogP contribution in [0.15, 0.2) is 79.5 Å². The van der Waals surface area contributed by atoms with Crippen molar-refractivity contribution < 1.29 is 9.53 Å². The van der Waals surface area contributed by atoms with Crippen molar-refractivity contribution in [2.45, 2.75) is 13.8 Å². The maximum absolute atomic E-state index is 13.6. The number of thioether (sulfide) groups is 1. The minimum absolute atomic E-state index is 0.118. The lowest BCUT2D eigenvalue weighted by atomic mass is 10.1. The molecule has 0 N–H and O–H groups in total. The summed E-state index contributed by atoms with van der Waals surface area (Å²) in [5, 5.41) is 0.587. The molecule has 3 aromatic carbocycles. The van der Waals surface area contributed by atoms with Gasteiger partial charge in [0, 0.05) is 10.0 Å². The van der Waals surface area contributed by atoms with Gasteiger partial charge in [-0.15, -0.1) is 6.42 Å². The molecule has 0 atom stereocenters. The first-order valence-corrected chi connectivity index (χ1v) is 12.8. The number of aliphatic imine (C=N–C) groups is 1. The van der Waals surface area contributed by atoms with Gasteiger partial charge in [-0.3, -0.25) is 9.69 Å². The van der Waals surface area contributed by atoms with Gasteiger partial charge in [0.25, 0.3) is 5.91 Å². The first kappa shape index (κ1) is 24.3. The van der Waals surface area contributed by atoms with Crippen molar-refractivity contribution in [1.82, 2.24) is 0 Å². The second-order valence-corrected chi connectivity index (χ2v) is 10.4. The quantitative estimate of drug-likeness (QED) is 0.225. The highest BCUT2D eigenvalue weighted by Crippen LogP contribution is 2.40. The van der Waals surface area contributed by atoms with E-state index in [0.717, 1.165) is 37.0 Å². The minimum atomic E-state index is -0.154. The predicted molar refractivity (Wildman–Crippen MR) is 149 cm³/mol. The van der Waals surface area contributed by atoms with Crippen molar-refractivity contribution in [3.05, 3.63) is 91.2 Å². The van der Waals surface area contributed by atoms with Crippen LogP contribution in [-0.4, -0.2) is 17.7 Å². The Morgan fingerprint density at radius 1 is 1.06 bits per heavy atom. The number of amides is 1. The van der Waals surface area contributed by atoms with Crippen molar-refractivity contribution >= 4 is 72.1 Å². The fraction of sp³-hybridized carbons (Fsp3) is 0.111. The highest BCUT2D eigenvalue weighted by Gasteiger charge is 2.35. The summed E-state index contributed by atoms with van der Waals surface area (Å²) in [7, 11) is 0. The van der Waals surface area contributed by atoms with Crippen molar-refractivity contribution in [1.29, 1.82) is 0 Å². The molecule has 0 bridgehead atoms. The first-order valence-electron chi connectivity index (χ1n) is 10.4. The molecule has 1 saturated heterocycles. The maximum Gasteiger partial charge on any atom is 0.271 e. The Bertz CT molecular complexity index is 1340. The van der Waals surface area contributed by atoms with Gasteiger partial charge in [0.2, 0.25) is 0 Å². The van der Waals surface area contributed by atoms with E-state index in [1.165, 1.54) is 11.8 Å². The fourth-order valence-electron chi connectivity index (χ4n) is 3.29. The fourth-order valence-corrected chi connectivity index (χ4v) is 5.66. The summed E-state index contributed by atoms with van der Waals surface area (Å²) >= 11 is 8.37. The van der Waals surface area contributed by atoms with E-state index in [-0.39, 0.29) is 12.5 Å². The molecule has 0 radical (unpaired) electrons. The average molecular weight is 596 g/mol. The monoisotopic (exact) mass is 594 g/mol. The molecule has 170 valence electrons. The molecule has 0 spiro atoms. The lowest BCUT2D eigenvalue weighted by Gasteiger charge is -2.16. The molecule has 3 aromatic rings. The number of terminal acetylenes is 1. The van der Waals surface area contributed by atoms with Gasteiger partial charge in [-0.1, -0.05) is 57.2 Å². The molecule has 1 heterocycles. The van der Waals surface area contributed by atoms with Crippen LogP contribution in [0.1, 0.15) is 16.7 Å². The Hall–Kier alpha value is -2.79. The normalized spacial score (nSPS) is 15.7. The Kier molecular flexibility index (Phi) is 7.62. The van der Waals surface area contributed by atoms with Crippen LogP contribution >= 0.6 is 43.6 Å². The molecule has 0 saturated carbocycles. The second-order valence-electron chi connectivity index (χ2n) is 7.62. The standard InChI is InChI=1S/C27H20Br2N2O2S/c1-4-13-33-25-19(14-20(28)16-23(25)29)15-24-26(32)31(22-11-7-18(3)8-12-22)27(34-24)30-21-9-5-17(2)6-10-21/h1,5-12,14-16H,13H2,2-3H3/b24-15-,30-27?. The van der Waals surface area contributed by atoms with Crippen molar-refractivity contribution in [3.8, 4) is 18.1 Å². The molecule has 1 aliphatic rings. The molecule has 1 amide bonds. The van der Waals surface area contributed by atoms with Crippen LogP contribution in [0.25, 0.3) is 6.08 Å². The molecule has 0 aliphatic carbocycles.